The number of benzene rings is 1. The summed E-state index contributed by atoms with van der Waals surface area (Å²) in [7, 11) is -5.10. The van der Waals surface area contributed by atoms with Crippen molar-refractivity contribution in [1.29, 1.82) is 0 Å². The summed E-state index contributed by atoms with van der Waals surface area (Å²) >= 11 is 0. The fourth-order valence-electron chi connectivity index (χ4n) is 1.86. The molecule has 1 aromatic carbocycles. The maximum atomic E-state index is 13.2. The van der Waals surface area contributed by atoms with Gasteiger partial charge in [0.25, 0.3) is 22.4 Å². The second-order valence-corrected chi connectivity index (χ2v) is 6.37. The third kappa shape index (κ3) is 4.81. The SMILES string of the molecule is O=C(O)c1nc(NS(=O)(=O)c2c(OCC(F)F)cccc2C(F)(F)F)n[nH]1. The predicted octanol–water partition coefficient (Wildman–Crippen LogP) is 1.97. The Morgan fingerprint density at radius 3 is 2.52 bits per heavy atom. The number of nitrogens with zero attached hydrogens (tertiary/aromatic N) is 2. The van der Waals surface area contributed by atoms with E-state index in [1.54, 1.807) is 0 Å². The van der Waals surface area contributed by atoms with Crippen LogP contribution in [0.2, 0.25) is 0 Å². The van der Waals surface area contributed by atoms with Gasteiger partial charge in [0.15, 0.2) is 0 Å². The van der Waals surface area contributed by atoms with Crippen molar-refractivity contribution in [2.24, 2.45) is 0 Å². The smallest absolute Gasteiger partial charge is 0.417 e. The van der Waals surface area contributed by atoms with E-state index < -0.39 is 63.2 Å². The minimum atomic E-state index is -5.17. The Morgan fingerprint density at radius 1 is 1.33 bits per heavy atom. The summed E-state index contributed by atoms with van der Waals surface area (Å²) in [5, 5.41) is 13.7. The van der Waals surface area contributed by atoms with Gasteiger partial charge in [0.2, 0.25) is 5.82 Å². The number of sulfonamides is 1. The van der Waals surface area contributed by atoms with E-state index in [0.29, 0.717) is 6.07 Å². The summed E-state index contributed by atoms with van der Waals surface area (Å²) in [6.07, 6.45) is -8.24. The largest absolute Gasteiger partial charge is 0.486 e. The maximum absolute atomic E-state index is 13.2. The van der Waals surface area contributed by atoms with Crippen LogP contribution in [-0.2, 0) is 16.2 Å². The van der Waals surface area contributed by atoms with Gasteiger partial charge in [-0.25, -0.2) is 26.7 Å². The molecule has 0 spiro atoms. The molecule has 0 aliphatic rings. The highest BCUT2D eigenvalue weighted by Crippen LogP contribution is 2.39. The van der Waals surface area contributed by atoms with Gasteiger partial charge in [-0.2, -0.15) is 18.2 Å². The van der Waals surface area contributed by atoms with E-state index in [1.807, 2.05) is 5.10 Å². The van der Waals surface area contributed by atoms with Gasteiger partial charge in [0.05, 0.1) is 5.56 Å². The molecule has 3 N–H and O–H groups in total. The van der Waals surface area contributed by atoms with Crippen molar-refractivity contribution in [2.45, 2.75) is 17.5 Å². The Morgan fingerprint density at radius 2 is 2.00 bits per heavy atom. The first-order valence-electron chi connectivity index (χ1n) is 6.71. The van der Waals surface area contributed by atoms with Crippen molar-refractivity contribution < 1.29 is 45.0 Å². The molecular formula is C12H9F5N4O5S. The molecule has 148 valence electrons. The number of carboxylic acid groups (broad SMARTS) is 1. The van der Waals surface area contributed by atoms with Crippen LogP contribution in [0.5, 0.6) is 5.75 Å². The number of aromatic carboxylic acids is 1. The van der Waals surface area contributed by atoms with E-state index in [9.17, 15) is 35.2 Å². The van der Waals surface area contributed by atoms with Gasteiger partial charge in [0, 0.05) is 0 Å². The number of alkyl halides is 5. The first kappa shape index (κ1) is 20.3. The highest BCUT2D eigenvalue weighted by Gasteiger charge is 2.40. The van der Waals surface area contributed by atoms with Crippen LogP contribution in [0.4, 0.5) is 27.9 Å². The molecule has 2 aromatic rings. The van der Waals surface area contributed by atoms with Gasteiger partial charge in [-0.15, -0.1) is 5.10 Å². The van der Waals surface area contributed by atoms with Crippen LogP contribution in [0.1, 0.15) is 16.2 Å². The third-order valence-electron chi connectivity index (χ3n) is 2.83. The number of carboxylic acids is 1. The Hall–Kier alpha value is -2.97. The summed E-state index contributed by atoms with van der Waals surface area (Å²) in [5.74, 6) is -4.24. The highest BCUT2D eigenvalue weighted by atomic mass is 32.2. The first-order valence-corrected chi connectivity index (χ1v) is 8.20. The Labute approximate surface area is 147 Å². The van der Waals surface area contributed by atoms with Gasteiger partial charge in [-0.3, -0.25) is 5.10 Å². The number of aromatic amines is 1. The van der Waals surface area contributed by atoms with Crippen molar-refractivity contribution in [1.82, 2.24) is 15.2 Å². The van der Waals surface area contributed by atoms with Gasteiger partial charge in [-0.05, 0) is 12.1 Å². The molecule has 0 radical (unpaired) electrons. The van der Waals surface area contributed by atoms with E-state index in [1.165, 1.54) is 4.72 Å². The number of nitrogens with one attached hydrogen (secondary N) is 2. The number of anilines is 1. The normalized spacial score (nSPS) is 12.2. The van der Waals surface area contributed by atoms with Crippen LogP contribution in [0.15, 0.2) is 23.1 Å². The topological polar surface area (TPSA) is 134 Å². The first-order chi connectivity index (χ1) is 12.4. The molecule has 0 unspecified atom stereocenters. The number of hydrogen-bond donors (Lipinski definition) is 3. The molecule has 0 amide bonds. The second-order valence-electron chi connectivity index (χ2n) is 4.75. The third-order valence-corrected chi connectivity index (χ3v) is 4.24. The zero-order valence-corrected chi connectivity index (χ0v) is 13.6. The van der Waals surface area contributed by atoms with Crippen molar-refractivity contribution in [3.8, 4) is 5.75 Å². The van der Waals surface area contributed by atoms with E-state index in [-0.39, 0.29) is 0 Å². The highest BCUT2D eigenvalue weighted by molar-refractivity contribution is 7.92. The molecule has 0 atom stereocenters. The van der Waals surface area contributed by atoms with E-state index in [0.717, 1.165) is 12.1 Å². The molecule has 1 heterocycles. The van der Waals surface area contributed by atoms with Gasteiger partial charge < -0.3 is 9.84 Å². The van der Waals surface area contributed by atoms with Crippen LogP contribution in [0, 0.1) is 0 Å². The Kier molecular flexibility index (Phi) is 5.53. The molecule has 1 aromatic heterocycles. The maximum Gasteiger partial charge on any atom is 0.417 e. The summed E-state index contributed by atoms with van der Waals surface area (Å²) in [5.41, 5.74) is -1.68. The van der Waals surface area contributed by atoms with Crippen molar-refractivity contribution >= 4 is 21.9 Å². The molecular weight excluding hydrogens is 407 g/mol. The molecule has 0 saturated carbocycles. The van der Waals surface area contributed by atoms with Crippen molar-refractivity contribution in [3.05, 3.63) is 29.6 Å². The number of halogens is 5. The number of rotatable bonds is 7. The summed E-state index contributed by atoms with van der Waals surface area (Å²) in [6.45, 7) is -1.35. The second kappa shape index (κ2) is 7.34. The molecule has 0 fully saturated rings. The molecule has 9 nitrogen and oxygen atoms in total. The fraction of sp³-hybridized carbons (Fsp3) is 0.250. The van der Waals surface area contributed by atoms with Crippen LogP contribution >= 0.6 is 0 Å². The standard InChI is InChI=1S/C12H9F5N4O5S/c13-7(14)4-26-6-3-1-2-5(12(15,16)17)8(6)27(24,25)21-11-18-9(10(22)23)19-20-11/h1-3,7H,4H2,(H,22,23)(H2,18,19,20,21). The lowest BCUT2D eigenvalue weighted by atomic mass is 10.2. The summed E-state index contributed by atoms with van der Waals surface area (Å²) in [6, 6.07) is 1.94. The predicted molar refractivity (Wildman–Crippen MR) is 77.1 cm³/mol. The van der Waals surface area contributed by atoms with Gasteiger partial charge in [-0.1, -0.05) is 6.07 Å². The van der Waals surface area contributed by atoms with E-state index in [2.05, 4.69) is 14.8 Å². The Bertz CT molecular complexity index is 944. The lowest BCUT2D eigenvalue weighted by Crippen LogP contribution is -2.21. The van der Waals surface area contributed by atoms with Crippen LogP contribution in [-0.4, -0.2) is 47.7 Å². The monoisotopic (exact) mass is 416 g/mol. The number of aromatic nitrogens is 3. The lowest BCUT2D eigenvalue weighted by molar-refractivity contribution is -0.140. The quantitative estimate of drug-likeness (QED) is 0.588. The van der Waals surface area contributed by atoms with Gasteiger partial charge >= 0.3 is 12.1 Å². The lowest BCUT2D eigenvalue weighted by Gasteiger charge is -2.17. The summed E-state index contributed by atoms with van der Waals surface area (Å²) in [4.78, 5) is 12.4. The number of carbonyl (C=O) groups is 1. The van der Waals surface area contributed by atoms with E-state index >= 15 is 0 Å². The summed E-state index contributed by atoms with van der Waals surface area (Å²) < 4.78 is 95.0. The fourth-order valence-corrected chi connectivity index (χ4v) is 3.16. The minimum Gasteiger partial charge on any atom is -0.486 e. The molecule has 2 rings (SSSR count). The molecule has 15 heteroatoms. The average molecular weight is 416 g/mol. The van der Waals surface area contributed by atoms with Crippen LogP contribution in [0.3, 0.4) is 0 Å². The van der Waals surface area contributed by atoms with E-state index in [4.69, 9.17) is 5.11 Å². The molecule has 27 heavy (non-hydrogen) atoms. The number of H-pyrrole nitrogens is 1. The zero-order valence-electron chi connectivity index (χ0n) is 12.8. The number of hydrogen-bond acceptors (Lipinski definition) is 6. The average Bonchev–Trinajstić information content (AvgIpc) is 2.99. The van der Waals surface area contributed by atoms with Crippen molar-refractivity contribution in [2.75, 3.05) is 11.3 Å². The zero-order chi connectivity index (χ0) is 20.4. The molecule has 0 aliphatic carbocycles. The molecule has 0 saturated heterocycles. The molecule has 0 bridgehead atoms. The molecule has 0 aliphatic heterocycles. The minimum absolute atomic E-state index is 0.407. The van der Waals surface area contributed by atoms with Crippen LogP contribution in [0.25, 0.3) is 0 Å². The van der Waals surface area contributed by atoms with Crippen molar-refractivity contribution in [3.63, 3.8) is 0 Å². The van der Waals surface area contributed by atoms with Crippen LogP contribution < -0.4 is 9.46 Å². The Balaban J connectivity index is 2.52. The number of ether oxygens (including phenoxy) is 1. The van der Waals surface area contributed by atoms with Gasteiger partial charge in [0.1, 0.15) is 17.3 Å².